The molecule has 1 saturated heterocycles. The van der Waals surface area contributed by atoms with Crippen LogP contribution in [0.1, 0.15) is 22.8 Å². The Balaban J connectivity index is 0.00000256. The number of carbonyl (C=O) groups is 1. The summed E-state index contributed by atoms with van der Waals surface area (Å²) in [6, 6.07) is 9.33. The molecule has 160 valence electrons. The molecule has 4 rings (SSSR count). The number of aromatic nitrogens is 3. The Kier molecular flexibility index (Phi) is 7.66. The Labute approximate surface area is 192 Å². The van der Waals surface area contributed by atoms with Crippen LogP contribution in [0.4, 0.5) is 0 Å². The first-order chi connectivity index (χ1) is 14.3. The minimum absolute atomic E-state index is 0. The molecule has 1 aliphatic heterocycles. The molecule has 0 bridgehead atoms. The predicted octanol–water partition coefficient (Wildman–Crippen LogP) is 1.91. The maximum absolute atomic E-state index is 12.4. The molecule has 1 aliphatic rings. The molecule has 1 fully saturated rings. The quantitative estimate of drug-likeness (QED) is 0.238. The average Bonchev–Trinajstić information content (AvgIpc) is 3.44. The van der Waals surface area contributed by atoms with Crippen LogP contribution in [0.3, 0.4) is 0 Å². The number of fused-ring (bicyclic) bond motifs is 1. The number of guanidine groups is 1. The van der Waals surface area contributed by atoms with E-state index in [2.05, 4.69) is 25.4 Å². The molecule has 30 heavy (non-hydrogen) atoms. The Hall–Kier alpha value is -2.63. The van der Waals surface area contributed by atoms with Gasteiger partial charge < -0.3 is 19.5 Å². The molecular formula is C20H26IN7O2. The van der Waals surface area contributed by atoms with E-state index < -0.39 is 0 Å². The minimum Gasteiger partial charge on any atom is -0.459 e. The highest BCUT2D eigenvalue weighted by Gasteiger charge is 2.25. The van der Waals surface area contributed by atoms with Crippen molar-refractivity contribution in [2.45, 2.75) is 12.8 Å². The monoisotopic (exact) mass is 523 g/mol. The normalized spacial score (nSPS) is 14.6. The average molecular weight is 523 g/mol. The van der Waals surface area contributed by atoms with E-state index in [4.69, 9.17) is 4.42 Å². The van der Waals surface area contributed by atoms with Crippen molar-refractivity contribution in [3.63, 3.8) is 0 Å². The third kappa shape index (κ3) is 4.91. The third-order valence-electron chi connectivity index (χ3n) is 5.05. The molecule has 0 saturated carbocycles. The van der Waals surface area contributed by atoms with Crippen molar-refractivity contribution in [1.29, 1.82) is 0 Å². The van der Waals surface area contributed by atoms with Gasteiger partial charge in [-0.3, -0.25) is 14.2 Å². The van der Waals surface area contributed by atoms with E-state index in [1.54, 1.807) is 19.2 Å². The summed E-state index contributed by atoms with van der Waals surface area (Å²) in [5.41, 5.74) is 0.869. The van der Waals surface area contributed by atoms with E-state index in [1.807, 2.05) is 33.7 Å². The number of amides is 1. The van der Waals surface area contributed by atoms with Gasteiger partial charge >= 0.3 is 0 Å². The summed E-state index contributed by atoms with van der Waals surface area (Å²) < 4.78 is 7.23. The van der Waals surface area contributed by atoms with Gasteiger partial charge in [-0.05, 0) is 30.7 Å². The van der Waals surface area contributed by atoms with Gasteiger partial charge in [0.1, 0.15) is 5.82 Å². The van der Waals surface area contributed by atoms with Gasteiger partial charge in [0.2, 0.25) is 0 Å². The third-order valence-corrected chi connectivity index (χ3v) is 5.05. The Morgan fingerprint density at radius 1 is 1.13 bits per heavy atom. The number of carbonyl (C=O) groups excluding carboxylic acids is 1. The second kappa shape index (κ2) is 10.4. The van der Waals surface area contributed by atoms with Gasteiger partial charge in [0, 0.05) is 52.4 Å². The van der Waals surface area contributed by atoms with Gasteiger partial charge in [-0.25, -0.2) is 0 Å². The molecule has 10 heteroatoms. The van der Waals surface area contributed by atoms with Crippen molar-refractivity contribution in [2.24, 2.45) is 4.99 Å². The Bertz CT molecular complexity index is 978. The zero-order chi connectivity index (χ0) is 20.1. The SMILES string of the molecule is CN=C(NCCCc1nnc2ccccn12)N1CCN(C(=O)c2ccco2)CC1.I. The number of nitrogens with zero attached hydrogens (tertiary/aromatic N) is 6. The van der Waals surface area contributed by atoms with Crippen LogP contribution in [0.15, 0.2) is 52.2 Å². The van der Waals surface area contributed by atoms with E-state index in [-0.39, 0.29) is 29.9 Å². The van der Waals surface area contributed by atoms with Crippen LogP contribution in [-0.2, 0) is 6.42 Å². The molecule has 4 heterocycles. The minimum atomic E-state index is -0.0573. The van der Waals surface area contributed by atoms with Crippen LogP contribution >= 0.6 is 24.0 Å². The summed E-state index contributed by atoms with van der Waals surface area (Å²) in [4.78, 5) is 20.8. The highest BCUT2D eigenvalue weighted by atomic mass is 127. The fraction of sp³-hybridized carbons (Fsp3) is 0.400. The maximum Gasteiger partial charge on any atom is 0.289 e. The van der Waals surface area contributed by atoms with Gasteiger partial charge in [0.05, 0.1) is 6.26 Å². The van der Waals surface area contributed by atoms with Crippen LogP contribution in [0.2, 0.25) is 0 Å². The molecule has 0 aliphatic carbocycles. The molecule has 3 aromatic heterocycles. The van der Waals surface area contributed by atoms with Crippen LogP contribution in [0, 0.1) is 0 Å². The lowest BCUT2D eigenvalue weighted by molar-refractivity contribution is 0.0658. The first-order valence-corrected chi connectivity index (χ1v) is 9.83. The van der Waals surface area contributed by atoms with Crippen LogP contribution in [0.25, 0.3) is 5.65 Å². The van der Waals surface area contributed by atoms with E-state index in [0.717, 1.165) is 49.9 Å². The van der Waals surface area contributed by atoms with Gasteiger partial charge in [0.25, 0.3) is 5.91 Å². The highest BCUT2D eigenvalue weighted by molar-refractivity contribution is 14.0. The van der Waals surface area contributed by atoms with Crippen molar-refractivity contribution < 1.29 is 9.21 Å². The number of piperazine rings is 1. The van der Waals surface area contributed by atoms with Crippen LogP contribution in [-0.4, -0.2) is 76.0 Å². The lowest BCUT2D eigenvalue weighted by Crippen LogP contribution is -2.53. The van der Waals surface area contributed by atoms with Crippen LogP contribution < -0.4 is 5.32 Å². The summed E-state index contributed by atoms with van der Waals surface area (Å²) in [5.74, 6) is 2.16. The molecule has 1 amide bonds. The lowest BCUT2D eigenvalue weighted by Gasteiger charge is -2.36. The molecule has 3 aromatic rings. The molecule has 9 nitrogen and oxygen atoms in total. The van der Waals surface area contributed by atoms with Crippen LogP contribution in [0.5, 0.6) is 0 Å². The number of aliphatic imine (C=N–C) groups is 1. The summed E-state index contributed by atoms with van der Waals surface area (Å²) in [7, 11) is 1.79. The summed E-state index contributed by atoms with van der Waals surface area (Å²) in [6.45, 7) is 3.56. The van der Waals surface area contributed by atoms with Gasteiger partial charge in [-0.1, -0.05) is 6.07 Å². The maximum atomic E-state index is 12.4. The number of furan rings is 1. The molecule has 1 N–H and O–H groups in total. The Morgan fingerprint density at radius 2 is 1.93 bits per heavy atom. The molecule has 0 unspecified atom stereocenters. The first kappa shape index (κ1) is 22.1. The molecule has 0 spiro atoms. The zero-order valence-electron chi connectivity index (χ0n) is 16.9. The van der Waals surface area contributed by atoms with E-state index in [0.29, 0.717) is 18.8 Å². The fourth-order valence-electron chi connectivity index (χ4n) is 3.52. The zero-order valence-corrected chi connectivity index (χ0v) is 19.2. The standard InChI is InChI=1S/C20H25N7O2.HI/c1-21-20(22-9-4-8-18-24-23-17-7-2-3-10-27(17)18)26-13-11-25(12-14-26)19(28)16-6-5-15-29-16;/h2-3,5-7,10,15H,4,8-9,11-14H2,1H3,(H,21,22);1H. The number of hydrogen-bond donors (Lipinski definition) is 1. The van der Waals surface area contributed by atoms with E-state index >= 15 is 0 Å². The van der Waals surface area contributed by atoms with Crippen molar-refractivity contribution in [1.82, 2.24) is 29.7 Å². The van der Waals surface area contributed by atoms with Gasteiger partial charge in [0.15, 0.2) is 17.4 Å². The van der Waals surface area contributed by atoms with Crippen molar-refractivity contribution in [3.05, 3.63) is 54.4 Å². The van der Waals surface area contributed by atoms with Crippen molar-refractivity contribution in [2.75, 3.05) is 39.8 Å². The second-order valence-electron chi connectivity index (χ2n) is 6.88. The molecule has 0 radical (unpaired) electrons. The van der Waals surface area contributed by atoms with Gasteiger partial charge in [-0.2, -0.15) is 0 Å². The first-order valence-electron chi connectivity index (χ1n) is 9.83. The number of halogens is 1. The number of pyridine rings is 1. The van der Waals surface area contributed by atoms with E-state index in [9.17, 15) is 4.79 Å². The number of aryl methyl sites for hydroxylation is 1. The van der Waals surface area contributed by atoms with Crippen molar-refractivity contribution >= 4 is 41.5 Å². The molecular weight excluding hydrogens is 497 g/mol. The number of rotatable bonds is 5. The highest BCUT2D eigenvalue weighted by Crippen LogP contribution is 2.10. The topological polar surface area (TPSA) is 91.3 Å². The summed E-state index contributed by atoms with van der Waals surface area (Å²) in [6.07, 6.45) is 5.27. The molecule has 0 atom stereocenters. The largest absolute Gasteiger partial charge is 0.459 e. The lowest BCUT2D eigenvalue weighted by atomic mass is 10.2. The number of nitrogens with one attached hydrogen (secondary N) is 1. The number of hydrogen-bond acceptors (Lipinski definition) is 5. The smallest absolute Gasteiger partial charge is 0.289 e. The van der Waals surface area contributed by atoms with E-state index in [1.165, 1.54) is 6.26 Å². The Morgan fingerprint density at radius 3 is 2.67 bits per heavy atom. The fourth-order valence-corrected chi connectivity index (χ4v) is 3.52. The molecule has 0 aromatic carbocycles. The second-order valence-corrected chi connectivity index (χ2v) is 6.88. The summed E-state index contributed by atoms with van der Waals surface area (Å²) in [5, 5.41) is 11.9. The van der Waals surface area contributed by atoms with Gasteiger partial charge in [-0.15, -0.1) is 34.2 Å². The predicted molar refractivity (Wildman–Crippen MR) is 124 cm³/mol. The summed E-state index contributed by atoms with van der Waals surface area (Å²) >= 11 is 0. The van der Waals surface area contributed by atoms with Crippen molar-refractivity contribution in [3.8, 4) is 0 Å².